The Labute approximate surface area is 305 Å². The maximum Gasteiger partial charge on any atom is 0.315 e. The molecular weight excluding hydrogens is 671 g/mol. The van der Waals surface area contributed by atoms with Crippen LogP contribution in [0, 0.1) is 23.2 Å². The SMILES string of the molecule is C=CCNC(=O)C(=O)[C@H](CC1CC1)NC(=O)[C@@H]1[C@@H](C)[C@@H](C)CN1C(=O)[C@@H](NC(=O)NC1(CS(=O)(=O)C(C)(C)C)CCCCC1)C1(C)CCCCC1. The van der Waals surface area contributed by atoms with Gasteiger partial charge in [0.2, 0.25) is 17.6 Å². The van der Waals surface area contributed by atoms with Gasteiger partial charge in [0.15, 0.2) is 9.84 Å². The van der Waals surface area contributed by atoms with Gasteiger partial charge in [0, 0.05) is 13.1 Å². The number of carbonyl (C=O) groups is 5. The molecule has 0 unspecified atom stereocenters. The fourth-order valence-electron chi connectivity index (χ4n) is 8.25. The van der Waals surface area contributed by atoms with Crippen LogP contribution in [0.5, 0.6) is 0 Å². The van der Waals surface area contributed by atoms with E-state index in [0.29, 0.717) is 38.6 Å². The number of nitrogens with zero attached hydrogens (tertiary/aromatic N) is 1. The average Bonchev–Trinajstić information content (AvgIpc) is 3.83. The summed E-state index contributed by atoms with van der Waals surface area (Å²) in [5.41, 5.74) is -1.54. The lowest BCUT2D eigenvalue weighted by Crippen LogP contribution is -2.64. The lowest BCUT2D eigenvalue weighted by molar-refractivity contribution is -0.145. The molecule has 51 heavy (non-hydrogen) atoms. The van der Waals surface area contributed by atoms with E-state index in [9.17, 15) is 32.4 Å². The number of nitrogens with one attached hydrogen (secondary N) is 4. The van der Waals surface area contributed by atoms with E-state index >= 15 is 0 Å². The predicted molar refractivity (Wildman–Crippen MR) is 197 cm³/mol. The Morgan fingerprint density at radius 2 is 1.51 bits per heavy atom. The van der Waals surface area contributed by atoms with Crippen molar-refractivity contribution in [2.24, 2.45) is 23.2 Å². The molecule has 4 rings (SSSR count). The third-order valence-corrected chi connectivity index (χ3v) is 14.9. The van der Waals surface area contributed by atoms with Crippen LogP contribution in [0.3, 0.4) is 0 Å². The molecule has 0 spiro atoms. The Bertz CT molecular complexity index is 1420. The van der Waals surface area contributed by atoms with E-state index in [2.05, 4.69) is 27.8 Å². The lowest BCUT2D eigenvalue weighted by Gasteiger charge is -2.44. The molecule has 4 aliphatic rings. The average molecular weight is 734 g/mol. The summed E-state index contributed by atoms with van der Waals surface area (Å²) in [6.45, 7) is 14.9. The van der Waals surface area contributed by atoms with Crippen molar-refractivity contribution >= 4 is 39.4 Å². The van der Waals surface area contributed by atoms with E-state index in [4.69, 9.17) is 0 Å². The Kier molecular flexibility index (Phi) is 13.1. The molecule has 12 nitrogen and oxygen atoms in total. The fourth-order valence-corrected chi connectivity index (χ4v) is 9.77. The van der Waals surface area contributed by atoms with Crippen molar-refractivity contribution in [3.63, 3.8) is 0 Å². The lowest BCUT2D eigenvalue weighted by atomic mass is 9.70. The van der Waals surface area contributed by atoms with Gasteiger partial charge in [0.25, 0.3) is 5.91 Å². The maximum absolute atomic E-state index is 14.8. The second-order valence-corrected chi connectivity index (χ2v) is 20.1. The largest absolute Gasteiger partial charge is 0.346 e. The van der Waals surface area contributed by atoms with E-state index < -0.39 is 67.3 Å². The highest BCUT2D eigenvalue weighted by Gasteiger charge is 2.51. The third-order valence-electron chi connectivity index (χ3n) is 12.1. The normalized spacial score (nSPS) is 25.9. The highest BCUT2D eigenvalue weighted by atomic mass is 32.2. The molecule has 1 heterocycles. The molecule has 0 radical (unpaired) electrons. The molecule has 13 heteroatoms. The van der Waals surface area contributed by atoms with Crippen molar-refractivity contribution in [3.8, 4) is 0 Å². The number of Topliss-reactive ketones (excluding diaryl/α,β-unsaturated/α-hetero) is 1. The number of sulfone groups is 1. The zero-order chi connectivity index (χ0) is 37.8. The summed E-state index contributed by atoms with van der Waals surface area (Å²) in [4.78, 5) is 70.4. The van der Waals surface area contributed by atoms with Gasteiger partial charge in [0.1, 0.15) is 12.1 Å². The van der Waals surface area contributed by atoms with Gasteiger partial charge < -0.3 is 26.2 Å². The van der Waals surface area contributed by atoms with E-state index in [1.165, 1.54) is 6.08 Å². The topological polar surface area (TPSA) is 171 Å². The minimum absolute atomic E-state index is 0.0417. The molecule has 0 aromatic carbocycles. The number of ketones is 1. The third kappa shape index (κ3) is 9.93. The zero-order valence-corrected chi connectivity index (χ0v) is 32.6. The van der Waals surface area contributed by atoms with Gasteiger partial charge in [-0.2, -0.15) is 0 Å². The van der Waals surface area contributed by atoms with Gasteiger partial charge in [-0.05, 0) is 76.0 Å². The summed E-state index contributed by atoms with van der Waals surface area (Å²) in [6.07, 6.45) is 11.5. The smallest absolute Gasteiger partial charge is 0.315 e. The molecule has 3 aliphatic carbocycles. The number of hydrogen-bond donors (Lipinski definition) is 4. The molecule has 288 valence electrons. The molecule has 5 amide bonds. The number of carbonyl (C=O) groups excluding carboxylic acids is 5. The summed E-state index contributed by atoms with van der Waals surface area (Å²) in [6, 6.07) is -3.45. The van der Waals surface area contributed by atoms with Gasteiger partial charge in [-0.1, -0.05) is 78.2 Å². The van der Waals surface area contributed by atoms with Crippen LogP contribution in [0.15, 0.2) is 12.7 Å². The van der Waals surface area contributed by atoms with E-state index in [-0.39, 0.29) is 36.0 Å². The second kappa shape index (κ2) is 16.4. The molecule has 0 aromatic rings. The van der Waals surface area contributed by atoms with E-state index in [0.717, 1.165) is 51.4 Å². The van der Waals surface area contributed by atoms with Crippen LogP contribution < -0.4 is 21.3 Å². The molecular formula is C38H63N5O7S. The van der Waals surface area contributed by atoms with Gasteiger partial charge in [-0.3, -0.25) is 19.2 Å². The minimum Gasteiger partial charge on any atom is -0.346 e. The summed E-state index contributed by atoms with van der Waals surface area (Å²) < 4.78 is 25.9. The highest BCUT2D eigenvalue weighted by Crippen LogP contribution is 2.42. The Balaban J connectivity index is 1.60. The van der Waals surface area contributed by atoms with Crippen molar-refractivity contribution < 1.29 is 32.4 Å². The monoisotopic (exact) mass is 733 g/mol. The van der Waals surface area contributed by atoms with Crippen LogP contribution in [0.4, 0.5) is 4.79 Å². The van der Waals surface area contributed by atoms with Crippen LogP contribution in [0.1, 0.15) is 125 Å². The summed E-state index contributed by atoms with van der Waals surface area (Å²) in [7, 11) is -3.57. The summed E-state index contributed by atoms with van der Waals surface area (Å²) in [5, 5.41) is 11.5. The van der Waals surface area contributed by atoms with E-state index in [1.54, 1.807) is 25.7 Å². The number of hydrogen-bond acceptors (Lipinski definition) is 7. The van der Waals surface area contributed by atoms with Crippen LogP contribution in [0.2, 0.25) is 0 Å². The zero-order valence-electron chi connectivity index (χ0n) is 31.8. The van der Waals surface area contributed by atoms with Crippen molar-refractivity contribution in [2.75, 3.05) is 18.8 Å². The van der Waals surface area contributed by atoms with Crippen LogP contribution in [0.25, 0.3) is 0 Å². The van der Waals surface area contributed by atoms with Crippen molar-refractivity contribution in [3.05, 3.63) is 12.7 Å². The standard InChI is InChI=1S/C38H63N5O7S/c1-8-21-39-33(46)30(44)28(22-27-15-16-27)40-32(45)29-26(3)25(2)23-43(29)34(47)31(37(7)17-11-9-12-18-37)41-35(48)42-38(19-13-10-14-20-38)24-51(49,50)36(4,5)6/h8,25-29,31H,1,9-24H2,2-7H3,(H,39,46)(H,40,45)(H2,41,42,48)/t25-,26-,28-,29-,31+/m0/s1. The second-order valence-electron chi connectivity index (χ2n) is 17.3. The molecule has 1 aliphatic heterocycles. The molecule has 3 saturated carbocycles. The van der Waals surface area contributed by atoms with Gasteiger partial charge in [-0.25, -0.2) is 13.2 Å². The van der Waals surface area contributed by atoms with Crippen LogP contribution >= 0.6 is 0 Å². The van der Waals surface area contributed by atoms with Crippen LogP contribution in [-0.4, -0.2) is 90.1 Å². The Hall–Kier alpha value is -2.96. The van der Waals surface area contributed by atoms with E-state index in [1.807, 2.05) is 20.8 Å². The van der Waals surface area contributed by atoms with Crippen molar-refractivity contribution in [1.29, 1.82) is 0 Å². The van der Waals surface area contributed by atoms with Crippen LogP contribution in [-0.2, 0) is 29.0 Å². The quantitative estimate of drug-likeness (QED) is 0.153. The Morgan fingerprint density at radius 3 is 2.06 bits per heavy atom. The molecule has 5 atom stereocenters. The first-order chi connectivity index (χ1) is 23.8. The van der Waals surface area contributed by atoms with Crippen molar-refractivity contribution in [2.45, 2.75) is 153 Å². The first kappa shape index (κ1) is 40.8. The number of amides is 5. The predicted octanol–water partition coefficient (Wildman–Crippen LogP) is 4.18. The first-order valence-electron chi connectivity index (χ1n) is 19.2. The summed E-state index contributed by atoms with van der Waals surface area (Å²) >= 11 is 0. The minimum atomic E-state index is -3.57. The van der Waals surface area contributed by atoms with Crippen molar-refractivity contribution in [1.82, 2.24) is 26.2 Å². The molecule has 4 fully saturated rings. The molecule has 0 bridgehead atoms. The maximum atomic E-state index is 14.8. The molecule has 1 saturated heterocycles. The first-order valence-corrected chi connectivity index (χ1v) is 20.8. The number of urea groups is 1. The highest BCUT2D eigenvalue weighted by molar-refractivity contribution is 7.92. The number of rotatable bonds is 14. The van der Waals surface area contributed by atoms with Gasteiger partial charge in [0.05, 0.1) is 22.1 Å². The fraction of sp³-hybridized carbons (Fsp3) is 0.816. The number of likely N-dealkylation sites (tertiary alicyclic amines) is 1. The molecule has 4 N–H and O–H groups in total. The molecule has 0 aromatic heterocycles. The Morgan fingerprint density at radius 1 is 0.922 bits per heavy atom. The van der Waals surface area contributed by atoms with Gasteiger partial charge in [-0.15, -0.1) is 6.58 Å². The van der Waals surface area contributed by atoms with Gasteiger partial charge >= 0.3 is 6.03 Å². The summed E-state index contributed by atoms with van der Waals surface area (Å²) in [5.74, 6) is -2.57.